The van der Waals surface area contributed by atoms with Gasteiger partial charge in [0.05, 0.1) is 42.6 Å². The van der Waals surface area contributed by atoms with Crippen molar-refractivity contribution in [3.05, 3.63) is 63.8 Å². The highest BCUT2D eigenvalue weighted by Gasteiger charge is 2.40. The highest BCUT2D eigenvalue weighted by molar-refractivity contribution is 6.41. The standard InChI is InChI=1S/C22H22Cl2N2O4/c1-13(2)30-11-10-26-21(27)19(15-9-8-14(23)12-16(15)24)20(22(26)28)25-17-6-4-5-7-18(17)29-3/h4-9,12-13,25H,10-11H2,1-3H3. The molecule has 30 heavy (non-hydrogen) atoms. The number of halogens is 2. The minimum atomic E-state index is -0.459. The molecule has 8 heteroatoms. The van der Waals surface area contributed by atoms with Crippen molar-refractivity contribution >= 4 is 46.3 Å². The van der Waals surface area contributed by atoms with E-state index in [-0.39, 0.29) is 35.5 Å². The van der Waals surface area contributed by atoms with Crippen molar-refractivity contribution in [3.8, 4) is 5.75 Å². The van der Waals surface area contributed by atoms with Crippen molar-refractivity contribution in [2.24, 2.45) is 0 Å². The van der Waals surface area contributed by atoms with Gasteiger partial charge in [-0.05, 0) is 38.1 Å². The van der Waals surface area contributed by atoms with E-state index in [2.05, 4.69) is 5.32 Å². The van der Waals surface area contributed by atoms with Crippen LogP contribution in [0.4, 0.5) is 5.69 Å². The Kier molecular flexibility index (Phi) is 7.02. The molecule has 0 unspecified atom stereocenters. The maximum absolute atomic E-state index is 13.2. The zero-order valence-corrected chi connectivity index (χ0v) is 18.4. The zero-order chi connectivity index (χ0) is 21.8. The van der Waals surface area contributed by atoms with E-state index < -0.39 is 11.8 Å². The summed E-state index contributed by atoms with van der Waals surface area (Å²) >= 11 is 12.4. The number of carbonyl (C=O) groups is 2. The topological polar surface area (TPSA) is 67.9 Å². The number of nitrogens with zero attached hydrogens (tertiary/aromatic N) is 1. The summed E-state index contributed by atoms with van der Waals surface area (Å²) in [4.78, 5) is 27.5. The fourth-order valence-electron chi connectivity index (χ4n) is 3.10. The van der Waals surface area contributed by atoms with Crippen LogP contribution in [0, 0.1) is 0 Å². The highest BCUT2D eigenvalue weighted by Crippen LogP contribution is 2.36. The number of methoxy groups -OCH3 is 1. The van der Waals surface area contributed by atoms with Crippen molar-refractivity contribution in [1.82, 2.24) is 4.90 Å². The van der Waals surface area contributed by atoms with Crippen molar-refractivity contribution < 1.29 is 19.1 Å². The second-order valence-corrected chi connectivity index (χ2v) is 7.72. The van der Waals surface area contributed by atoms with Crippen LogP contribution in [0.1, 0.15) is 19.4 Å². The van der Waals surface area contributed by atoms with Crippen LogP contribution in [0.2, 0.25) is 10.0 Å². The van der Waals surface area contributed by atoms with E-state index in [9.17, 15) is 9.59 Å². The Balaban J connectivity index is 2.04. The van der Waals surface area contributed by atoms with Crippen molar-refractivity contribution in [3.63, 3.8) is 0 Å². The molecule has 0 spiro atoms. The fraction of sp³-hybridized carbons (Fsp3) is 0.273. The van der Waals surface area contributed by atoms with E-state index in [1.165, 1.54) is 13.2 Å². The molecule has 1 heterocycles. The minimum absolute atomic E-state index is 0.0119. The molecule has 1 aliphatic heterocycles. The molecule has 2 amide bonds. The first-order valence-electron chi connectivity index (χ1n) is 9.41. The van der Waals surface area contributed by atoms with E-state index in [4.69, 9.17) is 32.7 Å². The van der Waals surface area contributed by atoms with Crippen molar-refractivity contribution in [2.45, 2.75) is 20.0 Å². The molecule has 0 aliphatic carbocycles. The molecule has 6 nitrogen and oxygen atoms in total. The molecule has 158 valence electrons. The molecule has 0 bridgehead atoms. The molecule has 0 aromatic heterocycles. The largest absolute Gasteiger partial charge is 0.495 e. The lowest BCUT2D eigenvalue weighted by Crippen LogP contribution is -2.35. The number of ether oxygens (including phenoxy) is 2. The molecule has 1 N–H and O–H groups in total. The average molecular weight is 449 g/mol. The molecule has 0 atom stereocenters. The van der Waals surface area contributed by atoms with Gasteiger partial charge < -0.3 is 14.8 Å². The third kappa shape index (κ3) is 4.61. The Bertz CT molecular complexity index is 1000. The third-order valence-corrected chi connectivity index (χ3v) is 5.05. The van der Waals surface area contributed by atoms with Crippen LogP contribution in [0.5, 0.6) is 5.75 Å². The predicted octanol–water partition coefficient (Wildman–Crippen LogP) is 4.62. The molecule has 0 radical (unpaired) electrons. The highest BCUT2D eigenvalue weighted by atomic mass is 35.5. The van der Waals surface area contributed by atoms with Crippen LogP contribution in [-0.4, -0.2) is 43.1 Å². The van der Waals surface area contributed by atoms with E-state index in [1.807, 2.05) is 19.9 Å². The van der Waals surface area contributed by atoms with Crippen LogP contribution >= 0.6 is 23.2 Å². The van der Waals surface area contributed by atoms with Crippen LogP contribution in [0.25, 0.3) is 5.57 Å². The Labute approximate surface area is 185 Å². The van der Waals surface area contributed by atoms with Crippen LogP contribution in [0.3, 0.4) is 0 Å². The summed E-state index contributed by atoms with van der Waals surface area (Å²) in [5.41, 5.74) is 1.28. The van der Waals surface area contributed by atoms with E-state index in [1.54, 1.807) is 30.3 Å². The summed E-state index contributed by atoms with van der Waals surface area (Å²) in [5, 5.41) is 3.78. The third-order valence-electron chi connectivity index (χ3n) is 4.50. The number of rotatable bonds is 8. The van der Waals surface area contributed by atoms with E-state index in [0.717, 1.165) is 4.90 Å². The number of anilines is 1. The summed E-state index contributed by atoms with van der Waals surface area (Å²) in [6, 6.07) is 11.9. The van der Waals surface area contributed by atoms with Gasteiger partial charge in [-0.25, -0.2) is 0 Å². The second-order valence-electron chi connectivity index (χ2n) is 6.88. The fourth-order valence-corrected chi connectivity index (χ4v) is 3.60. The minimum Gasteiger partial charge on any atom is -0.495 e. The number of para-hydroxylation sites is 2. The van der Waals surface area contributed by atoms with Gasteiger partial charge in [0.25, 0.3) is 11.8 Å². The van der Waals surface area contributed by atoms with Gasteiger partial charge in [0.15, 0.2) is 0 Å². The molecular formula is C22H22Cl2N2O4. The Morgan fingerprint density at radius 3 is 2.47 bits per heavy atom. The number of hydrogen-bond acceptors (Lipinski definition) is 5. The number of nitrogens with one attached hydrogen (secondary N) is 1. The molecule has 2 aromatic rings. The smallest absolute Gasteiger partial charge is 0.278 e. The van der Waals surface area contributed by atoms with E-state index >= 15 is 0 Å². The maximum Gasteiger partial charge on any atom is 0.278 e. The molecule has 0 fully saturated rings. The quantitative estimate of drug-likeness (QED) is 0.596. The summed E-state index contributed by atoms with van der Waals surface area (Å²) in [5.74, 6) is -0.373. The normalized spacial score (nSPS) is 14.1. The van der Waals surface area contributed by atoms with Crippen molar-refractivity contribution in [2.75, 3.05) is 25.6 Å². The van der Waals surface area contributed by atoms with Gasteiger partial charge in [-0.3, -0.25) is 14.5 Å². The van der Waals surface area contributed by atoms with Gasteiger partial charge in [0, 0.05) is 10.6 Å². The average Bonchev–Trinajstić information content (AvgIpc) is 2.93. The van der Waals surface area contributed by atoms with Gasteiger partial charge >= 0.3 is 0 Å². The lowest BCUT2D eigenvalue weighted by atomic mass is 10.0. The Morgan fingerprint density at radius 1 is 1.07 bits per heavy atom. The Morgan fingerprint density at radius 2 is 1.80 bits per heavy atom. The first-order valence-corrected chi connectivity index (χ1v) is 10.2. The first-order chi connectivity index (χ1) is 14.3. The predicted molar refractivity (Wildman–Crippen MR) is 118 cm³/mol. The van der Waals surface area contributed by atoms with Crippen molar-refractivity contribution in [1.29, 1.82) is 0 Å². The number of benzene rings is 2. The Hall–Kier alpha value is -2.54. The lowest BCUT2D eigenvalue weighted by molar-refractivity contribution is -0.137. The molecule has 1 aliphatic rings. The van der Waals surface area contributed by atoms with Gasteiger partial charge in [0.1, 0.15) is 11.4 Å². The molecular weight excluding hydrogens is 427 g/mol. The zero-order valence-electron chi connectivity index (χ0n) is 16.9. The number of hydrogen-bond donors (Lipinski definition) is 1. The summed E-state index contributed by atoms with van der Waals surface area (Å²) in [7, 11) is 1.53. The van der Waals surface area contributed by atoms with Crippen LogP contribution in [0.15, 0.2) is 48.2 Å². The van der Waals surface area contributed by atoms with Gasteiger partial charge in [-0.2, -0.15) is 0 Å². The molecule has 2 aromatic carbocycles. The van der Waals surface area contributed by atoms with Gasteiger partial charge in [0.2, 0.25) is 0 Å². The molecule has 0 saturated heterocycles. The van der Waals surface area contributed by atoms with E-state index in [0.29, 0.717) is 22.0 Å². The van der Waals surface area contributed by atoms with Gasteiger partial charge in [-0.15, -0.1) is 0 Å². The lowest BCUT2D eigenvalue weighted by Gasteiger charge is -2.17. The maximum atomic E-state index is 13.2. The van der Waals surface area contributed by atoms with Crippen LogP contribution < -0.4 is 10.1 Å². The first kappa shape index (κ1) is 22.2. The SMILES string of the molecule is COc1ccccc1NC1=C(c2ccc(Cl)cc2Cl)C(=O)N(CCOC(C)C)C1=O. The number of imide groups is 1. The number of carbonyl (C=O) groups excluding carboxylic acids is 2. The molecule has 0 saturated carbocycles. The molecule has 3 rings (SSSR count). The second kappa shape index (κ2) is 9.51. The summed E-state index contributed by atoms with van der Waals surface area (Å²) in [6.07, 6.45) is -0.0119. The monoisotopic (exact) mass is 448 g/mol. The number of amides is 2. The van der Waals surface area contributed by atoms with Gasteiger partial charge in [-0.1, -0.05) is 41.4 Å². The summed E-state index contributed by atoms with van der Waals surface area (Å²) in [6.45, 7) is 4.14. The summed E-state index contributed by atoms with van der Waals surface area (Å²) < 4.78 is 10.9. The van der Waals surface area contributed by atoms with Crippen LogP contribution in [-0.2, 0) is 14.3 Å².